The van der Waals surface area contributed by atoms with Gasteiger partial charge in [-0.2, -0.15) is 10.4 Å². The Hall–Kier alpha value is -1.93. The first-order valence-electron chi connectivity index (χ1n) is 5.84. The van der Waals surface area contributed by atoms with Crippen LogP contribution in [0.5, 0.6) is 0 Å². The van der Waals surface area contributed by atoms with Crippen molar-refractivity contribution in [3.63, 3.8) is 0 Å². The standard InChI is InChI=1S/C14H13BrN4/c1-9-10(2)18-19-14(13(9)7-16)17-8-11-4-3-5-12(15)6-11/h3-6H,8H2,1-2H3,(H,17,19). The van der Waals surface area contributed by atoms with Gasteiger partial charge < -0.3 is 5.32 Å². The Morgan fingerprint density at radius 2 is 2.11 bits per heavy atom. The van der Waals surface area contributed by atoms with Crippen LogP contribution in [0, 0.1) is 25.2 Å². The molecule has 0 unspecified atom stereocenters. The number of nitrogens with one attached hydrogen (secondary N) is 1. The predicted molar refractivity (Wildman–Crippen MR) is 77.7 cm³/mol. The molecule has 5 heteroatoms. The molecule has 0 radical (unpaired) electrons. The molecule has 0 aliphatic carbocycles. The number of aromatic nitrogens is 2. The normalized spacial score (nSPS) is 10.0. The van der Waals surface area contributed by atoms with E-state index in [9.17, 15) is 5.26 Å². The van der Waals surface area contributed by atoms with Gasteiger partial charge in [0.1, 0.15) is 11.6 Å². The second-order valence-electron chi connectivity index (χ2n) is 4.23. The first-order valence-corrected chi connectivity index (χ1v) is 6.63. The monoisotopic (exact) mass is 316 g/mol. The molecular weight excluding hydrogens is 304 g/mol. The summed E-state index contributed by atoms with van der Waals surface area (Å²) in [5, 5.41) is 20.5. The lowest BCUT2D eigenvalue weighted by Gasteiger charge is -2.09. The lowest BCUT2D eigenvalue weighted by Crippen LogP contribution is -2.07. The van der Waals surface area contributed by atoms with Crippen LogP contribution < -0.4 is 5.32 Å². The summed E-state index contributed by atoms with van der Waals surface area (Å²) in [6, 6.07) is 10.2. The number of benzene rings is 1. The summed E-state index contributed by atoms with van der Waals surface area (Å²) in [7, 11) is 0. The highest BCUT2D eigenvalue weighted by atomic mass is 79.9. The fraction of sp³-hybridized carbons (Fsp3) is 0.214. The number of aryl methyl sites for hydroxylation is 1. The van der Waals surface area contributed by atoms with Crippen molar-refractivity contribution in [3.8, 4) is 6.07 Å². The lowest BCUT2D eigenvalue weighted by atomic mass is 10.1. The van der Waals surface area contributed by atoms with Crippen molar-refractivity contribution in [1.29, 1.82) is 5.26 Å². The third-order valence-electron chi connectivity index (χ3n) is 2.92. The van der Waals surface area contributed by atoms with E-state index in [1.165, 1.54) is 0 Å². The summed E-state index contributed by atoms with van der Waals surface area (Å²) in [6.45, 7) is 4.33. The van der Waals surface area contributed by atoms with Gasteiger partial charge in [-0.05, 0) is 37.1 Å². The first-order chi connectivity index (χ1) is 9.11. The van der Waals surface area contributed by atoms with E-state index in [-0.39, 0.29) is 0 Å². The summed E-state index contributed by atoms with van der Waals surface area (Å²) in [4.78, 5) is 0. The minimum Gasteiger partial charge on any atom is -0.363 e. The number of rotatable bonds is 3. The fourth-order valence-corrected chi connectivity index (χ4v) is 2.15. The van der Waals surface area contributed by atoms with Gasteiger partial charge in [0.05, 0.1) is 5.69 Å². The van der Waals surface area contributed by atoms with Gasteiger partial charge in [0.15, 0.2) is 5.82 Å². The number of anilines is 1. The van der Waals surface area contributed by atoms with Gasteiger partial charge in [-0.3, -0.25) is 0 Å². The Morgan fingerprint density at radius 3 is 2.79 bits per heavy atom. The summed E-state index contributed by atoms with van der Waals surface area (Å²) in [5.41, 5.74) is 3.32. The number of halogens is 1. The van der Waals surface area contributed by atoms with Crippen molar-refractivity contribution in [2.45, 2.75) is 20.4 Å². The average molecular weight is 317 g/mol. The maximum Gasteiger partial charge on any atom is 0.167 e. The smallest absolute Gasteiger partial charge is 0.167 e. The van der Waals surface area contributed by atoms with Crippen LogP contribution in [0.4, 0.5) is 5.82 Å². The highest BCUT2D eigenvalue weighted by Crippen LogP contribution is 2.18. The molecule has 0 spiro atoms. The lowest BCUT2D eigenvalue weighted by molar-refractivity contribution is 0.940. The second kappa shape index (κ2) is 5.81. The van der Waals surface area contributed by atoms with Gasteiger partial charge in [0.2, 0.25) is 0 Å². The number of nitriles is 1. The quantitative estimate of drug-likeness (QED) is 0.943. The molecule has 0 bridgehead atoms. The van der Waals surface area contributed by atoms with Crippen molar-refractivity contribution < 1.29 is 0 Å². The van der Waals surface area contributed by atoms with E-state index in [4.69, 9.17) is 0 Å². The zero-order valence-corrected chi connectivity index (χ0v) is 12.3. The summed E-state index contributed by atoms with van der Waals surface area (Å²) >= 11 is 3.43. The predicted octanol–water partition coefficient (Wildman–Crippen LogP) is 3.34. The highest BCUT2D eigenvalue weighted by Gasteiger charge is 2.10. The van der Waals surface area contributed by atoms with Crippen molar-refractivity contribution in [1.82, 2.24) is 10.2 Å². The van der Waals surface area contributed by atoms with E-state index < -0.39 is 0 Å². The van der Waals surface area contributed by atoms with Gasteiger partial charge in [-0.25, -0.2) is 0 Å². The largest absolute Gasteiger partial charge is 0.363 e. The van der Waals surface area contributed by atoms with E-state index in [1.54, 1.807) is 0 Å². The highest BCUT2D eigenvalue weighted by molar-refractivity contribution is 9.10. The molecule has 0 aliphatic heterocycles. The van der Waals surface area contributed by atoms with Crippen molar-refractivity contribution in [3.05, 3.63) is 51.1 Å². The van der Waals surface area contributed by atoms with Crippen LogP contribution >= 0.6 is 15.9 Å². The Kier molecular flexibility index (Phi) is 4.13. The summed E-state index contributed by atoms with van der Waals surface area (Å²) in [5.74, 6) is 0.533. The van der Waals surface area contributed by atoms with Crippen LogP contribution in [0.3, 0.4) is 0 Å². The molecular formula is C14H13BrN4. The maximum atomic E-state index is 9.20. The Bertz CT molecular complexity index is 646. The Morgan fingerprint density at radius 1 is 1.32 bits per heavy atom. The molecule has 0 atom stereocenters. The van der Waals surface area contributed by atoms with Crippen molar-refractivity contribution >= 4 is 21.7 Å². The molecule has 1 aromatic carbocycles. The zero-order valence-electron chi connectivity index (χ0n) is 10.7. The Labute approximate surface area is 120 Å². The van der Waals surface area contributed by atoms with E-state index in [0.717, 1.165) is 21.3 Å². The molecule has 1 N–H and O–H groups in total. The molecule has 0 amide bonds. The molecule has 4 nitrogen and oxygen atoms in total. The number of hydrogen-bond donors (Lipinski definition) is 1. The molecule has 1 aromatic heterocycles. The fourth-order valence-electron chi connectivity index (χ4n) is 1.70. The molecule has 2 aromatic rings. The number of hydrogen-bond acceptors (Lipinski definition) is 4. The van der Waals surface area contributed by atoms with Crippen LogP contribution in [0.25, 0.3) is 0 Å². The third kappa shape index (κ3) is 3.09. The van der Waals surface area contributed by atoms with Crippen LogP contribution in [0.2, 0.25) is 0 Å². The minimum absolute atomic E-state index is 0.533. The van der Waals surface area contributed by atoms with Gasteiger partial charge >= 0.3 is 0 Å². The maximum absolute atomic E-state index is 9.20. The van der Waals surface area contributed by atoms with Crippen molar-refractivity contribution in [2.24, 2.45) is 0 Å². The number of nitrogens with zero attached hydrogens (tertiary/aromatic N) is 3. The molecule has 0 saturated heterocycles. The minimum atomic E-state index is 0.533. The molecule has 1 heterocycles. The Balaban J connectivity index is 2.21. The van der Waals surface area contributed by atoms with Gasteiger partial charge in [-0.15, -0.1) is 5.10 Å². The molecule has 96 valence electrons. The van der Waals surface area contributed by atoms with Crippen LogP contribution in [0.15, 0.2) is 28.7 Å². The van der Waals surface area contributed by atoms with Gasteiger partial charge in [0, 0.05) is 11.0 Å². The molecule has 0 saturated carbocycles. The van der Waals surface area contributed by atoms with E-state index in [1.807, 2.05) is 38.1 Å². The molecule has 19 heavy (non-hydrogen) atoms. The van der Waals surface area contributed by atoms with Gasteiger partial charge in [-0.1, -0.05) is 28.1 Å². The van der Waals surface area contributed by atoms with Gasteiger partial charge in [0.25, 0.3) is 0 Å². The molecule has 0 aliphatic rings. The third-order valence-corrected chi connectivity index (χ3v) is 3.41. The molecule has 2 rings (SSSR count). The second-order valence-corrected chi connectivity index (χ2v) is 5.14. The van der Waals surface area contributed by atoms with Crippen LogP contribution in [-0.2, 0) is 6.54 Å². The van der Waals surface area contributed by atoms with E-state index in [2.05, 4.69) is 37.5 Å². The van der Waals surface area contributed by atoms with Crippen LogP contribution in [0.1, 0.15) is 22.4 Å². The van der Waals surface area contributed by atoms with Crippen LogP contribution in [-0.4, -0.2) is 10.2 Å². The SMILES string of the molecule is Cc1nnc(NCc2cccc(Br)c2)c(C#N)c1C. The zero-order chi connectivity index (χ0) is 13.8. The van der Waals surface area contributed by atoms with E-state index >= 15 is 0 Å². The van der Waals surface area contributed by atoms with Crippen molar-refractivity contribution in [2.75, 3.05) is 5.32 Å². The molecule has 0 fully saturated rings. The average Bonchev–Trinajstić information content (AvgIpc) is 2.40. The first kappa shape index (κ1) is 13.5. The van der Waals surface area contributed by atoms with E-state index in [0.29, 0.717) is 17.9 Å². The summed E-state index contributed by atoms with van der Waals surface area (Å²) in [6.07, 6.45) is 0. The topological polar surface area (TPSA) is 61.6 Å². The summed E-state index contributed by atoms with van der Waals surface area (Å²) < 4.78 is 1.03.